The lowest BCUT2D eigenvalue weighted by Gasteiger charge is -2.19. The summed E-state index contributed by atoms with van der Waals surface area (Å²) in [5, 5.41) is 36.0. The van der Waals surface area contributed by atoms with Gasteiger partial charge in [0.15, 0.2) is 5.79 Å². The molecule has 5 heteroatoms. The van der Waals surface area contributed by atoms with Crippen LogP contribution < -0.4 is 0 Å². The Hall–Kier alpha value is -0.200. The highest BCUT2D eigenvalue weighted by molar-refractivity contribution is 4.92. The van der Waals surface area contributed by atoms with Crippen molar-refractivity contribution in [3.05, 3.63) is 0 Å². The van der Waals surface area contributed by atoms with E-state index in [-0.39, 0.29) is 0 Å². The maximum Gasteiger partial charge on any atom is 0.192 e. The number of aliphatic hydroxyl groups is 4. The fraction of sp³-hybridized carbons (Fsp3) is 1.00. The molecule has 4 atom stereocenters. The second kappa shape index (κ2) is 2.69. The van der Waals surface area contributed by atoms with Gasteiger partial charge in [0.1, 0.15) is 18.3 Å². The molecule has 0 unspecified atom stereocenters. The second-order valence-electron chi connectivity index (χ2n) is 2.83. The molecule has 0 spiro atoms. The average Bonchev–Trinajstić information content (AvgIpc) is 2.13. The number of aliphatic hydroxyl groups excluding tert-OH is 3. The highest BCUT2D eigenvalue weighted by Crippen LogP contribution is 2.27. The molecule has 5 nitrogen and oxygen atoms in total. The van der Waals surface area contributed by atoms with Gasteiger partial charge in [-0.25, -0.2) is 0 Å². The minimum atomic E-state index is -1.76. The zero-order valence-corrected chi connectivity index (χ0v) is 6.14. The van der Waals surface area contributed by atoms with Gasteiger partial charge in [0.05, 0.1) is 6.61 Å². The van der Waals surface area contributed by atoms with E-state index in [1.165, 1.54) is 6.92 Å². The first-order chi connectivity index (χ1) is 4.99. The third kappa shape index (κ3) is 1.38. The molecule has 66 valence electrons. The van der Waals surface area contributed by atoms with Crippen molar-refractivity contribution in [1.29, 1.82) is 0 Å². The predicted molar refractivity (Wildman–Crippen MR) is 34.6 cm³/mol. The van der Waals surface area contributed by atoms with Gasteiger partial charge in [0, 0.05) is 0 Å². The van der Waals surface area contributed by atoms with E-state index in [0.29, 0.717) is 0 Å². The third-order valence-electron chi connectivity index (χ3n) is 1.82. The van der Waals surface area contributed by atoms with Crippen molar-refractivity contribution in [3.63, 3.8) is 0 Å². The van der Waals surface area contributed by atoms with E-state index in [1.54, 1.807) is 0 Å². The molecule has 1 saturated heterocycles. The van der Waals surface area contributed by atoms with Crippen molar-refractivity contribution in [2.24, 2.45) is 0 Å². The molecule has 1 fully saturated rings. The summed E-state index contributed by atoms with van der Waals surface area (Å²) in [7, 11) is 0. The minimum Gasteiger partial charge on any atom is -0.394 e. The maximum atomic E-state index is 9.19. The molecule has 0 amide bonds. The molecule has 0 saturated carbocycles. The number of rotatable bonds is 1. The lowest BCUT2D eigenvalue weighted by molar-refractivity contribution is -0.217. The fourth-order valence-electron chi connectivity index (χ4n) is 1.11. The zero-order valence-electron chi connectivity index (χ0n) is 6.14. The van der Waals surface area contributed by atoms with Crippen LogP contribution in [-0.2, 0) is 4.74 Å². The van der Waals surface area contributed by atoms with E-state index in [0.717, 1.165) is 0 Å². The van der Waals surface area contributed by atoms with Crippen molar-refractivity contribution in [3.8, 4) is 0 Å². The van der Waals surface area contributed by atoms with Gasteiger partial charge in [0.2, 0.25) is 0 Å². The summed E-state index contributed by atoms with van der Waals surface area (Å²) in [6.07, 6.45) is -3.49. The van der Waals surface area contributed by atoms with Crippen LogP contribution in [0.5, 0.6) is 0 Å². The Kier molecular flexibility index (Phi) is 2.17. The summed E-state index contributed by atoms with van der Waals surface area (Å²) in [5.74, 6) is -1.76. The number of hydrogen-bond donors (Lipinski definition) is 4. The Morgan fingerprint density at radius 3 is 2.18 bits per heavy atom. The quantitative estimate of drug-likeness (QED) is 0.353. The highest BCUT2D eigenvalue weighted by atomic mass is 16.7. The van der Waals surface area contributed by atoms with E-state index in [1.807, 2.05) is 0 Å². The van der Waals surface area contributed by atoms with Crippen LogP contribution in [0.1, 0.15) is 6.92 Å². The second-order valence-corrected chi connectivity index (χ2v) is 2.83. The van der Waals surface area contributed by atoms with E-state index < -0.39 is 30.7 Å². The normalized spacial score (nSPS) is 51.5. The maximum absolute atomic E-state index is 9.19. The SMILES string of the molecule is C[C@@]1(O)O[C@@H](CO)[C@H](O)[C@H]1O. The molecule has 1 aliphatic rings. The lowest BCUT2D eigenvalue weighted by atomic mass is 10.1. The molecular weight excluding hydrogens is 152 g/mol. The Labute approximate surface area is 63.8 Å². The summed E-state index contributed by atoms with van der Waals surface area (Å²) in [6.45, 7) is 0.810. The lowest BCUT2D eigenvalue weighted by Crippen LogP contribution is -2.40. The van der Waals surface area contributed by atoms with E-state index in [4.69, 9.17) is 20.1 Å². The number of ether oxygens (including phenoxy) is 1. The Morgan fingerprint density at radius 1 is 1.45 bits per heavy atom. The van der Waals surface area contributed by atoms with E-state index in [9.17, 15) is 5.11 Å². The molecule has 1 aliphatic heterocycles. The fourth-order valence-corrected chi connectivity index (χ4v) is 1.11. The van der Waals surface area contributed by atoms with E-state index in [2.05, 4.69) is 0 Å². The molecule has 0 aromatic heterocycles. The van der Waals surface area contributed by atoms with Crippen LogP contribution in [-0.4, -0.2) is 51.1 Å². The smallest absolute Gasteiger partial charge is 0.192 e. The summed E-state index contributed by atoms with van der Waals surface area (Å²) in [5.41, 5.74) is 0. The summed E-state index contributed by atoms with van der Waals surface area (Å²) in [4.78, 5) is 0. The summed E-state index contributed by atoms with van der Waals surface area (Å²) >= 11 is 0. The molecule has 0 radical (unpaired) electrons. The van der Waals surface area contributed by atoms with Gasteiger partial charge in [-0.2, -0.15) is 0 Å². The van der Waals surface area contributed by atoms with Crippen LogP contribution in [0, 0.1) is 0 Å². The van der Waals surface area contributed by atoms with Gasteiger partial charge < -0.3 is 25.2 Å². The molecule has 11 heavy (non-hydrogen) atoms. The topological polar surface area (TPSA) is 90.2 Å². The Morgan fingerprint density at radius 2 is 2.00 bits per heavy atom. The van der Waals surface area contributed by atoms with Crippen molar-refractivity contribution in [2.75, 3.05) is 6.61 Å². The standard InChI is InChI=1S/C6H12O5/c1-6(10)5(9)4(8)3(2-7)11-6/h3-5,7-10H,2H2,1H3/t3-,4-,5+,6+/m0/s1. The summed E-state index contributed by atoms with van der Waals surface area (Å²) in [6, 6.07) is 0. The van der Waals surface area contributed by atoms with E-state index >= 15 is 0 Å². The van der Waals surface area contributed by atoms with Crippen LogP contribution in [0.25, 0.3) is 0 Å². The van der Waals surface area contributed by atoms with Gasteiger partial charge in [-0.05, 0) is 6.92 Å². The van der Waals surface area contributed by atoms with Crippen LogP contribution in [0.2, 0.25) is 0 Å². The van der Waals surface area contributed by atoms with Crippen LogP contribution in [0.3, 0.4) is 0 Å². The van der Waals surface area contributed by atoms with Crippen LogP contribution in [0.4, 0.5) is 0 Å². The van der Waals surface area contributed by atoms with Crippen molar-refractivity contribution < 1.29 is 25.2 Å². The van der Waals surface area contributed by atoms with Crippen LogP contribution >= 0.6 is 0 Å². The third-order valence-corrected chi connectivity index (χ3v) is 1.82. The molecule has 1 heterocycles. The number of hydrogen-bond acceptors (Lipinski definition) is 5. The minimum absolute atomic E-state index is 0.422. The zero-order chi connectivity index (χ0) is 8.65. The average molecular weight is 164 g/mol. The first kappa shape index (κ1) is 8.89. The molecule has 1 rings (SSSR count). The first-order valence-electron chi connectivity index (χ1n) is 3.36. The van der Waals surface area contributed by atoms with Crippen molar-refractivity contribution >= 4 is 0 Å². The van der Waals surface area contributed by atoms with Gasteiger partial charge in [-0.3, -0.25) is 0 Å². The molecule has 0 aliphatic carbocycles. The first-order valence-corrected chi connectivity index (χ1v) is 3.36. The van der Waals surface area contributed by atoms with Gasteiger partial charge in [-0.1, -0.05) is 0 Å². The van der Waals surface area contributed by atoms with Gasteiger partial charge in [-0.15, -0.1) is 0 Å². The monoisotopic (exact) mass is 164 g/mol. The van der Waals surface area contributed by atoms with Crippen molar-refractivity contribution in [2.45, 2.75) is 31.0 Å². The molecule has 4 N–H and O–H groups in total. The summed E-state index contributed by atoms with van der Waals surface area (Å²) < 4.78 is 4.73. The molecule has 0 aromatic rings. The van der Waals surface area contributed by atoms with Gasteiger partial charge in [0.25, 0.3) is 0 Å². The highest BCUT2D eigenvalue weighted by Gasteiger charge is 2.49. The predicted octanol–water partition coefficient (Wildman–Crippen LogP) is -2.19. The molecular formula is C6H12O5. The molecule has 0 aromatic carbocycles. The Balaban J connectivity index is 2.69. The molecule has 0 bridgehead atoms. The van der Waals surface area contributed by atoms with Crippen LogP contribution in [0.15, 0.2) is 0 Å². The Bertz CT molecular complexity index is 146. The van der Waals surface area contributed by atoms with Crippen molar-refractivity contribution in [1.82, 2.24) is 0 Å². The largest absolute Gasteiger partial charge is 0.394 e. The van der Waals surface area contributed by atoms with Gasteiger partial charge >= 0.3 is 0 Å².